The van der Waals surface area contributed by atoms with Gasteiger partial charge >= 0.3 is 0 Å². The maximum absolute atomic E-state index is 12.6. The van der Waals surface area contributed by atoms with Gasteiger partial charge in [-0.05, 0) is 31.0 Å². The molecular weight excluding hydrogens is 224 g/mol. The van der Waals surface area contributed by atoms with Gasteiger partial charge in [-0.2, -0.15) is 0 Å². The molecule has 92 valence electrons. The molecule has 1 atom stereocenters. The van der Waals surface area contributed by atoms with E-state index >= 15 is 0 Å². The van der Waals surface area contributed by atoms with Crippen molar-refractivity contribution in [1.29, 1.82) is 0 Å². The van der Waals surface area contributed by atoms with Crippen molar-refractivity contribution < 1.29 is 13.6 Å². The van der Waals surface area contributed by atoms with Crippen molar-refractivity contribution >= 4 is 11.6 Å². The van der Waals surface area contributed by atoms with Gasteiger partial charge in [0.05, 0.1) is 5.41 Å². The average Bonchev–Trinajstić information content (AvgIpc) is 2.40. The van der Waals surface area contributed by atoms with E-state index in [2.05, 4.69) is 0 Å². The van der Waals surface area contributed by atoms with E-state index in [1.54, 1.807) is 20.0 Å². The van der Waals surface area contributed by atoms with Crippen molar-refractivity contribution in [3.05, 3.63) is 29.3 Å². The molecule has 0 aromatic heterocycles. The first-order valence-electron chi connectivity index (χ1n) is 5.53. The van der Waals surface area contributed by atoms with Gasteiger partial charge in [0.2, 0.25) is 12.3 Å². The summed E-state index contributed by atoms with van der Waals surface area (Å²) < 4.78 is 25.3. The zero-order valence-corrected chi connectivity index (χ0v) is 10.1. The lowest BCUT2D eigenvalue weighted by Gasteiger charge is -2.22. The van der Waals surface area contributed by atoms with Crippen LogP contribution in [0.15, 0.2) is 18.2 Å². The Labute approximate surface area is 99.2 Å². The fourth-order valence-corrected chi connectivity index (χ4v) is 2.49. The molecule has 17 heavy (non-hydrogen) atoms. The number of halogens is 2. The molecule has 0 fully saturated rings. The first kappa shape index (κ1) is 12.0. The van der Waals surface area contributed by atoms with Crippen LogP contribution in [-0.4, -0.2) is 19.4 Å². The molecule has 0 spiro atoms. The van der Waals surface area contributed by atoms with Crippen LogP contribution in [0, 0.1) is 6.92 Å². The maximum atomic E-state index is 12.6. The standard InChI is InChI=1S/C13H15F2NO/c1-8-4-5-9-10(6-8)16(3)12(17)13(9,2)7-11(14)15/h4-6,11H,7H2,1-3H3. The van der Waals surface area contributed by atoms with Gasteiger partial charge in [0.15, 0.2) is 0 Å². The number of nitrogens with zero attached hydrogens (tertiary/aromatic N) is 1. The average molecular weight is 239 g/mol. The number of carbonyl (C=O) groups excluding carboxylic acids is 1. The third kappa shape index (κ3) is 1.72. The van der Waals surface area contributed by atoms with Crippen LogP contribution in [-0.2, 0) is 10.2 Å². The summed E-state index contributed by atoms with van der Waals surface area (Å²) in [6.45, 7) is 3.51. The summed E-state index contributed by atoms with van der Waals surface area (Å²) in [6.07, 6.45) is -2.91. The number of likely N-dealkylation sites (N-methyl/N-ethyl adjacent to an activating group) is 1. The number of benzene rings is 1. The van der Waals surface area contributed by atoms with E-state index in [0.717, 1.165) is 11.3 Å². The van der Waals surface area contributed by atoms with Gasteiger partial charge in [-0.1, -0.05) is 12.1 Å². The monoisotopic (exact) mass is 239 g/mol. The second-order valence-corrected chi connectivity index (χ2v) is 4.81. The zero-order valence-electron chi connectivity index (χ0n) is 10.1. The lowest BCUT2D eigenvalue weighted by atomic mass is 9.80. The lowest BCUT2D eigenvalue weighted by molar-refractivity contribution is -0.123. The lowest BCUT2D eigenvalue weighted by Crippen LogP contribution is -2.37. The molecule has 1 aliphatic rings. The van der Waals surface area contributed by atoms with Crippen LogP contribution in [0.3, 0.4) is 0 Å². The van der Waals surface area contributed by atoms with E-state index in [1.165, 1.54) is 4.90 Å². The fourth-order valence-electron chi connectivity index (χ4n) is 2.49. The van der Waals surface area contributed by atoms with Gasteiger partial charge < -0.3 is 4.90 Å². The predicted octanol–water partition coefficient (Wildman–Crippen LogP) is 2.88. The van der Waals surface area contributed by atoms with Gasteiger partial charge in [0, 0.05) is 19.2 Å². The largest absolute Gasteiger partial charge is 0.314 e. The minimum Gasteiger partial charge on any atom is -0.314 e. The molecule has 1 aliphatic heterocycles. The normalized spacial score (nSPS) is 23.4. The second kappa shape index (κ2) is 3.79. The molecule has 1 amide bonds. The minimum absolute atomic E-state index is 0.251. The van der Waals surface area contributed by atoms with Crippen LogP contribution in [0.1, 0.15) is 24.5 Å². The van der Waals surface area contributed by atoms with Crippen LogP contribution in [0.25, 0.3) is 0 Å². The minimum atomic E-state index is -2.48. The van der Waals surface area contributed by atoms with E-state index in [1.807, 2.05) is 19.1 Å². The molecule has 1 unspecified atom stereocenters. The molecule has 4 heteroatoms. The number of hydrogen-bond acceptors (Lipinski definition) is 1. The number of rotatable bonds is 2. The highest BCUT2D eigenvalue weighted by Crippen LogP contribution is 2.44. The van der Waals surface area contributed by atoms with Crippen LogP contribution in [0.4, 0.5) is 14.5 Å². The Balaban J connectivity index is 2.55. The SMILES string of the molecule is Cc1ccc2c(c1)N(C)C(=O)C2(C)CC(F)F. The van der Waals surface area contributed by atoms with Crippen LogP contribution < -0.4 is 4.90 Å². The van der Waals surface area contributed by atoms with Crippen LogP contribution >= 0.6 is 0 Å². The topological polar surface area (TPSA) is 20.3 Å². The van der Waals surface area contributed by atoms with E-state index < -0.39 is 18.3 Å². The van der Waals surface area contributed by atoms with E-state index in [0.29, 0.717) is 5.56 Å². The fraction of sp³-hybridized carbons (Fsp3) is 0.462. The third-order valence-electron chi connectivity index (χ3n) is 3.45. The molecule has 1 heterocycles. The number of carbonyl (C=O) groups is 1. The molecule has 0 saturated carbocycles. The predicted molar refractivity (Wildman–Crippen MR) is 62.6 cm³/mol. The molecule has 0 saturated heterocycles. The third-order valence-corrected chi connectivity index (χ3v) is 3.45. The molecule has 2 nitrogen and oxygen atoms in total. The molecule has 0 N–H and O–H groups in total. The first-order chi connectivity index (χ1) is 7.86. The Bertz CT molecular complexity index is 472. The van der Waals surface area contributed by atoms with E-state index in [4.69, 9.17) is 0 Å². The van der Waals surface area contributed by atoms with Gasteiger partial charge in [-0.3, -0.25) is 4.79 Å². The zero-order chi connectivity index (χ0) is 12.8. The molecule has 1 aromatic rings. The Morgan fingerprint density at radius 3 is 2.65 bits per heavy atom. The number of aryl methyl sites for hydroxylation is 1. The summed E-state index contributed by atoms with van der Waals surface area (Å²) in [5.41, 5.74) is 1.38. The van der Waals surface area contributed by atoms with E-state index in [-0.39, 0.29) is 5.91 Å². The van der Waals surface area contributed by atoms with Crippen molar-refractivity contribution in [2.24, 2.45) is 0 Å². The molecule has 0 bridgehead atoms. The first-order valence-corrected chi connectivity index (χ1v) is 5.53. The Hall–Kier alpha value is -1.45. The number of hydrogen-bond donors (Lipinski definition) is 0. The summed E-state index contributed by atoms with van der Waals surface area (Å²) >= 11 is 0. The summed E-state index contributed by atoms with van der Waals surface area (Å²) in [5, 5.41) is 0. The van der Waals surface area contributed by atoms with Crippen molar-refractivity contribution in [2.75, 3.05) is 11.9 Å². The number of fused-ring (bicyclic) bond motifs is 1. The highest BCUT2D eigenvalue weighted by molar-refractivity contribution is 6.07. The number of alkyl halides is 2. The van der Waals surface area contributed by atoms with Crippen molar-refractivity contribution in [1.82, 2.24) is 0 Å². The maximum Gasteiger partial charge on any atom is 0.240 e. The van der Waals surface area contributed by atoms with E-state index in [9.17, 15) is 13.6 Å². The van der Waals surface area contributed by atoms with Gasteiger partial charge in [0.25, 0.3) is 0 Å². The summed E-state index contributed by atoms with van der Waals surface area (Å²) in [6, 6.07) is 5.51. The quantitative estimate of drug-likeness (QED) is 0.777. The van der Waals surface area contributed by atoms with Crippen molar-refractivity contribution in [3.8, 4) is 0 Å². The number of anilines is 1. The Morgan fingerprint density at radius 1 is 1.41 bits per heavy atom. The number of amides is 1. The van der Waals surface area contributed by atoms with Crippen LogP contribution in [0.2, 0.25) is 0 Å². The second-order valence-electron chi connectivity index (χ2n) is 4.81. The highest BCUT2D eigenvalue weighted by atomic mass is 19.3. The van der Waals surface area contributed by atoms with Crippen molar-refractivity contribution in [2.45, 2.75) is 32.1 Å². The molecule has 0 radical (unpaired) electrons. The molecule has 2 rings (SSSR count). The Morgan fingerprint density at radius 2 is 2.06 bits per heavy atom. The van der Waals surface area contributed by atoms with Gasteiger partial charge in [-0.25, -0.2) is 8.78 Å². The molecule has 0 aliphatic carbocycles. The molecule has 1 aromatic carbocycles. The summed E-state index contributed by atoms with van der Waals surface area (Å²) in [5.74, 6) is -0.251. The molecular formula is C13H15F2NO. The van der Waals surface area contributed by atoms with Gasteiger partial charge in [-0.15, -0.1) is 0 Å². The Kier molecular flexibility index (Phi) is 2.68. The van der Waals surface area contributed by atoms with Gasteiger partial charge in [0.1, 0.15) is 0 Å². The highest BCUT2D eigenvalue weighted by Gasteiger charge is 2.47. The van der Waals surface area contributed by atoms with Crippen molar-refractivity contribution in [3.63, 3.8) is 0 Å². The summed E-state index contributed by atoms with van der Waals surface area (Å²) in [7, 11) is 1.64. The smallest absolute Gasteiger partial charge is 0.240 e. The summed E-state index contributed by atoms with van der Waals surface area (Å²) in [4.78, 5) is 13.6. The van der Waals surface area contributed by atoms with Crippen LogP contribution in [0.5, 0.6) is 0 Å².